The molecule has 0 heterocycles. The Kier molecular flexibility index (Phi) is 6.36. The van der Waals surface area contributed by atoms with Crippen molar-refractivity contribution in [1.82, 2.24) is 0 Å². The Balaban J connectivity index is 3.44. The lowest BCUT2D eigenvalue weighted by Crippen LogP contribution is -2.15. The summed E-state index contributed by atoms with van der Waals surface area (Å²) in [4.78, 5) is 10.3. The molecule has 0 rings (SSSR count). The summed E-state index contributed by atoms with van der Waals surface area (Å²) in [5.74, 6) is -0.923. The van der Waals surface area contributed by atoms with Crippen molar-refractivity contribution in [3.63, 3.8) is 0 Å². The standard InChI is InChI=1S/C7H14O3S/c1-2-3-4-5-6(11-10)7(8)9/h6,10H,2-5H2,1H3,(H,8,9). The Morgan fingerprint density at radius 2 is 2.18 bits per heavy atom. The van der Waals surface area contributed by atoms with Crippen LogP contribution in [0.3, 0.4) is 0 Å². The van der Waals surface area contributed by atoms with E-state index >= 15 is 0 Å². The van der Waals surface area contributed by atoms with Gasteiger partial charge in [0, 0.05) is 12.0 Å². The van der Waals surface area contributed by atoms with E-state index < -0.39 is 11.2 Å². The predicted octanol–water partition coefficient (Wildman–Crippen LogP) is 2.23. The van der Waals surface area contributed by atoms with Crippen LogP contribution in [0.2, 0.25) is 0 Å². The summed E-state index contributed by atoms with van der Waals surface area (Å²) in [6.07, 6.45) is 3.54. The molecule has 4 heteroatoms. The Bertz CT molecular complexity index is 116. The van der Waals surface area contributed by atoms with Gasteiger partial charge in [0.15, 0.2) is 0 Å². The maximum Gasteiger partial charge on any atom is 0.318 e. The largest absolute Gasteiger partial charge is 0.480 e. The summed E-state index contributed by atoms with van der Waals surface area (Å²) in [6.45, 7) is 2.06. The number of rotatable bonds is 6. The minimum Gasteiger partial charge on any atom is -0.480 e. The molecule has 0 amide bonds. The molecule has 66 valence electrons. The average Bonchev–Trinajstić information content (AvgIpc) is 1.97. The van der Waals surface area contributed by atoms with Crippen molar-refractivity contribution in [3.8, 4) is 0 Å². The summed E-state index contributed by atoms with van der Waals surface area (Å²) in [7, 11) is 0. The topological polar surface area (TPSA) is 57.5 Å². The second-order valence-electron chi connectivity index (χ2n) is 2.43. The van der Waals surface area contributed by atoms with Crippen LogP contribution < -0.4 is 0 Å². The fraction of sp³-hybridized carbons (Fsp3) is 0.857. The Hall–Kier alpha value is -0.220. The average molecular weight is 178 g/mol. The van der Waals surface area contributed by atoms with Gasteiger partial charge in [-0.1, -0.05) is 26.2 Å². The molecule has 3 nitrogen and oxygen atoms in total. The van der Waals surface area contributed by atoms with E-state index in [0.717, 1.165) is 19.3 Å². The van der Waals surface area contributed by atoms with Crippen LogP contribution in [0.4, 0.5) is 0 Å². The molecular weight excluding hydrogens is 164 g/mol. The molecule has 11 heavy (non-hydrogen) atoms. The smallest absolute Gasteiger partial charge is 0.318 e. The number of carboxylic acid groups (broad SMARTS) is 1. The lowest BCUT2D eigenvalue weighted by Gasteiger charge is -2.05. The summed E-state index contributed by atoms with van der Waals surface area (Å²) in [5, 5.41) is 7.85. The van der Waals surface area contributed by atoms with Crippen LogP contribution in [-0.4, -0.2) is 20.9 Å². The van der Waals surface area contributed by atoms with Gasteiger partial charge in [-0.3, -0.25) is 4.79 Å². The minimum atomic E-state index is -0.923. The van der Waals surface area contributed by atoms with E-state index in [-0.39, 0.29) is 0 Å². The summed E-state index contributed by atoms with van der Waals surface area (Å²) >= 11 is 0.429. The van der Waals surface area contributed by atoms with Crippen LogP contribution in [0, 0.1) is 0 Å². The predicted molar refractivity (Wildman–Crippen MR) is 45.8 cm³/mol. The summed E-state index contributed by atoms with van der Waals surface area (Å²) in [5.41, 5.74) is 0. The zero-order valence-electron chi connectivity index (χ0n) is 6.62. The zero-order chi connectivity index (χ0) is 8.69. The number of hydrogen-bond donors (Lipinski definition) is 2. The van der Waals surface area contributed by atoms with Gasteiger partial charge >= 0.3 is 5.97 Å². The van der Waals surface area contributed by atoms with Gasteiger partial charge in [0.2, 0.25) is 0 Å². The molecule has 1 unspecified atom stereocenters. The van der Waals surface area contributed by atoms with Crippen molar-refractivity contribution < 1.29 is 14.5 Å². The van der Waals surface area contributed by atoms with Crippen molar-refractivity contribution in [2.24, 2.45) is 0 Å². The highest BCUT2D eigenvalue weighted by molar-refractivity contribution is 7.95. The Morgan fingerprint density at radius 1 is 1.55 bits per heavy atom. The number of carbonyl (C=O) groups is 1. The molecule has 2 N–H and O–H groups in total. The molecular formula is C7H14O3S. The van der Waals surface area contributed by atoms with Crippen molar-refractivity contribution in [3.05, 3.63) is 0 Å². The van der Waals surface area contributed by atoms with Crippen LogP contribution in [-0.2, 0) is 4.79 Å². The van der Waals surface area contributed by atoms with Gasteiger partial charge in [-0.25, -0.2) is 0 Å². The van der Waals surface area contributed by atoms with Gasteiger partial charge in [-0.05, 0) is 6.42 Å². The normalized spacial score (nSPS) is 12.9. The molecule has 1 atom stereocenters. The van der Waals surface area contributed by atoms with Gasteiger partial charge in [-0.2, -0.15) is 0 Å². The van der Waals surface area contributed by atoms with Crippen LogP contribution in [0.5, 0.6) is 0 Å². The molecule has 0 aromatic carbocycles. The van der Waals surface area contributed by atoms with Gasteiger partial charge in [0.1, 0.15) is 5.25 Å². The van der Waals surface area contributed by atoms with Crippen molar-refractivity contribution in [2.75, 3.05) is 0 Å². The van der Waals surface area contributed by atoms with Gasteiger partial charge in [0.05, 0.1) is 0 Å². The first-order valence-corrected chi connectivity index (χ1v) is 4.59. The molecule has 0 aromatic heterocycles. The lowest BCUT2D eigenvalue weighted by atomic mass is 10.1. The summed E-state index contributed by atoms with van der Waals surface area (Å²) in [6, 6.07) is 0. The zero-order valence-corrected chi connectivity index (χ0v) is 7.43. The van der Waals surface area contributed by atoms with Crippen molar-refractivity contribution in [2.45, 2.75) is 37.9 Å². The summed E-state index contributed by atoms with van der Waals surface area (Å²) < 4.78 is 8.53. The third kappa shape index (κ3) is 5.09. The van der Waals surface area contributed by atoms with E-state index in [9.17, 15) is 4.79 Å². The SMILES string of the molecule is CCCCCC(SO)C(=O)O. The first-order valence-electron chi connectivity index (χ1n) is 3.75. The second-order valence-corrected chi connectivity index (χ2v) is 3.21. The van der Waals surface area contributed by atoms with E-state index in [1.807, 2.05) is 0 Å². The molecule has 0 bridgehead atoms. The third-order valence-electron chi connectivity index (χ3n) is 1.47. The lowest BCUT2D eigenvalue weighted by molar-refractivity contribution is -0.136. The number of aliphatic carboxylic acids is 1. The van der Waals surface area contributed by atoms with Crippen LogP contribution in [0.15, 0.2) is 0 Å². The second kappa shape index (κ2) is 6.49. The van der Waals surface area contributed by atoms with E-state index in [1.54, 1.807) is 0 Å². The van der Waals surface area contributed by atoms with Gasteiger partial charge in [0.25, 0.3) is 0 Å². The van der Waals surface area contributed by atoms with Gasteiger partial charge < -0.3 is 9.66 Å². The Labute approximate surface area is 71.0 Å². The fourth-order valence-electron chi connectivity index (χ4n) is 0.801. The molecule has 0 aromatic rings. The fourth-order valence-corrected chi connectivity index (χ4v) is 1.16. The molecule has 0 saturated heterocycles. The highest BCUT2D eigenvalue weighted by Crippen LogP contribution is 2.14. The van der Waals surface area contributed by atoms with E-state index in [1.165, 1.54) is 0 Å². The Morgan fingerprint density at radius 3 is 2.55 bits per heavy atom. The number of hydrogen-bond acceptors (Lipinski definition) is 3. The molecule has 0 aliphatic carbocycles. The van der Waals surface area contributed by atoms with Gasteiger partial charge in [-0.15, -0.1) is 0 Å². The highest BCUT2D eigenvalue weighted by atomic mass is 32.2. The molecule has 0 aliphatic heterocycles. The molecule has 0 saturated carbocycles. The maximum absolute atomic E-state index is 10.3. The quantitative estimate of drug-likeness (QED) is 0.483. The van der Waals surface area contributed by atoms with E-state index in [4.69, 9.17) is 9.66 Å². The molecule has 0 fully saturated rings. The molecule has 0 aliphatic rings. The maximum atomic E-state index is 10.3. The third-order valence-corrected chi connectivity index (χ3v) is 2.16. The first kappa shape index (κ1) is 10.8. The number of carboxylic acids is 1. The van der Waals surface area contributed by atoms with E-state index in [2.05, 4.69) is 6.92 Å². The van der Waals surface area contributed by atoms with Crippen molar-refractivity contribution >= 4 is 18.0 Å². The van der Waals surface area contributed by atoms with Crippen LogP contribution >= 0.6 is 12.0 Å². The molecule has 0 radical (unpaired) electrons. The van der Waals surface area contributed by atoms with Crippen molar-refractivity contribution in [1.29, 1.82) is 0 Å². The number of unbranched alkanes of at least 4 members (excludes halogenated alkanes) is 2. The monoisotopic (exact) mass is 178 g/mol. The molecule has 0 spiro atoms. The minimum absolute atomic E-state index is 0.429. The van der Waals surface area contributed by atoms with E-state index in [0.29, 0.717) is 18.5 Å². The van der Waals surface area contributed by atoms with Crippen LogP contribution in [0.1, 0.15) is 32.6 Å². The highest BCUT2D eigenvalue weighted by Gasteiger charge is 2.16. The first-order chi connectivity index (χ1) is 5.22. The van der Waals surface area contributed by atoms with Crippen LogP contribution in [0.25, 0.3) is 0 Å².